The Bertz CT molecular complexity index is 3500. The third-order valence-electron chi connectivity index (χ3n) is 15.8. The van der Waals surface area contributed by atoms with Crippen LogP contribution >= 0.6 is 11.3 Å². The molecule has 19 nitrogen and oxygen atoms in total. The second-order valence-corrected chi connectivity index (χ2v) is 22.9. The maximum absolute atomic E-state index is 16.1. The number of piperazine rings is 1. The summed E-state index contributed by atoms with van der Waals surface area (Å²) in [5.41, 5.74) is 5.55. The Morgan fingerprint density at radius 1 is 0.912 bits per heavy atom. The smallest absolute Gasteiger partial charge is 0.243 e. The first-order chi connectivity index (χ1) is 38.5. The van der Waals surface area contributed by atoms with E-state index < -0.39 is 75.7 Å². The van der Waals surface area contributed by atoms with Crippen LogP contribution in [0.2, 0.25) is 0 Å². The molecule has 0 unspecified atom stereocenters. The Kier molecular flexibility index (Phi) is 15.5. The van der Waals surface area contributed by atoms with Crippen molar-refractivity contribution in [3.05, 3.63) is 130 Å². The fourth-order valence-electron chi connectivity index (χ4n) is 11.4. The number of rotatable bonds is 17. The van der Waals surface area contributed by atoms with Crippen LogP contribution in [-0.4, -0.2) is 161 Å². The van der Waals surface area contributed by atoms with Gasteiger partial charge >= 0.3 is 0 Å². The average molecular weight is 1140 g/mol. The molecule has 4 saturated heterocycles. The number of thiol groups is 1. The number of fused-ring (bicyclic) bond motifs is 1. The number of hydrazine groups is 1. The maximum Gasteiger partial charge on any atom is 0.243 e. The van der Waals surface area contributed by atoms with Gasteiger partial charge in [0.05, 0.1) is 46.9 Å². The van der Waals surface area contributed by atoms with Gasteiger partial charge < -0.3 is 39.7 Å². The molecule has 0 aliphatic carbocycles. The van der Waals surface area contributed by atoms with E-state index >= 15 is 8.78 Å². The number of aromatic amines is 1. The van der Waals surface area contributed by atoms with Crippen LogP contribution in [0, 0.1) is 24.5 Å². The summed E-state index contributed by atoms with van der Waals surface area (Å²) >= 11 is 1.53. The van der Waals surface area contributed by atoms with Crippen molar-refractivity contribution in [1.82, 2.24) is 40.2 Å². The van der Waals surface area contributed by atoms with Gasteiger partial charge in [-0.25, -0.2) is 36.6 Å². The van der Waals surface area contributed by atoms with Crippen LogP contribution in [0.25, 0.3) is 32.6 Å². The number of aliphatic hydroxyl groups is 2. The van der Waals surface area contributed by atoms with Crippen LogP contribution in [0.15, 0.2) is 95.2 Å². The highest BCUT2D eigenvalue weighted by molar-refractivity contribution is 7.73. The van der Waals surface area contributed by atoms with E-state index in [9.17, 15) is 37.4 Å². The van der Waals surface area contributed by atoms with Crippen LogP contribution in [0.1, 0.15) is 71.6 Å². The number of hydrogen-bond donors (Lipinski definition) is 5. The minimum atomic E-state index is -3.50. The molecule has 0 spiro atoms. The molecule has 4 N–H and O–H groups in total. The molecule has 24 heteroatoms. The second kappa shape index (κ2) is 22.7. The van der Waals surface area contributed by atoms with Gasteiger partial charge in [0.15, 0.2) is 17.4 Å². The number of nitrogens with one attached hydrogen (secondary N) is 2. The molecule has 4 fully saturated rings. The highest BCUT2D eigenvalue weighted by Crippen LogP contribution is 2.37. The molecule has 0 saturated carbocycles. The highest BCUT2D eigenvalue weighted by Gasteiger charge is 2.45. The Morgan fingerprint density at radius 2 is 1.65 bits per heavy atom. The minimum absolute atomic E-state index is 0.00874. The number of thiazole rings is 1. The maximum atomic E-state index is 16.1. The zero-order valence-corrected chi connectivity index (χ0v) is 45.8. The number of carbonyl (C=O) groups excluding carboxylic acids is 3. The van der Waals surface area contributed by atoms with Crippen LogP contribution in [0.4, 0.5) is 30.4 Å². The SMILES string of the molecule is Cc1ncsc1-c1ccc([C@H](CO)NC(=O)[C@@H]2C[C@@H](O)CN2C(=O)[C@@H](c2cc(N3CC(N4CCN(c5ccc(-c6cnc7[nH]cc(C(=O)c8c(F)ccc(N(N9CC[C@@H](F)C9)[SH](=O)=O)c8F)c7c6)cc5)CC4)C3)no2)C(C)C)cc1. The molecular weight excluding hydrogens is 1080 g/mol. The average Bonchev–Trinajstić information content (AvgIpc) is 4.34. The lowest BCUT2D eigenvalue weighted by molar-refractivity contribution is -0.141. The van der Waals surface area contributed by atoms with E-state index in [1.807, 2.05) is 69.3 Å². The van der Waals surface area contributed by atoms with Gasteiger partial charge in [-0.15, -0.1) is 11.3 Å². The largest absolute Gasteiger partial charge is 0.394 e. The normalized spacial score (nSPS) is 20.0. The van der Waals surface area contributed by atoms with Gasteiger partial charge in [-0.05, 0) is 66.3 Å². The number of benzene rings is 3. The Balaban J connectivity index is 0.688. The monoisotopic (exact) mass is 1140 g/mol. The first-order valence-corrected chi connectivity index (χ1v) is 28.6. The summed E-state index contributed by atoms with van der Waals surface area (Å²) in [6, 6.07) is 19.3. The summed E-state index contributed by atoms with van der Waals surface area (Å²) in [4.78, 5) is 63.2. The van der Waals surface area contributed by atoms with E-state index in [0.717, 1.165) is 70.7 Å². The van der Waals surface area contributed by atoms with Crippen molar-refractivity contribution in [3.8, 4) is 21.6 Å². The fourth-order valence-corrected chi connectivity index (χ4v) is 12.9. The number of β-amino-alcohol motifs (C(OH)–C–C–N with tert-alkyl or cyclic N) is 1. The van der Waals surface area contributed by atoms with E-state index in [1.54, 1.807) is 23.8 Å². The van der Waals surface area contributed by atoms with Gasteiger partial charge in [0.2, 0.25) is 28.5 Å². The van der Waals surface area contributed by atoms with E-state index in [1.165, 1.54) is 22.4 Å². The molecule has 2 amide bonds. The van der Waals surface area contributed by atoms with Crippen LogP contribution in [0.3, 0.4) is 0 Å². The summed E-state index contributed by atoms with van der Waals surface area (Å²) in [7, 11) is -3.50. The number of hydrogen-bond acceptors (Lipinski definition) is 16. The van der Waals surface area contributed by atoms with Gasteiger partial charge in [-0.1, -0.05) is 55.4 Å². The number of ketones is 1. The number of aliphatic hydroxyl groups excluding tert-OH is 2. The first kappa shape index (κ1) is 54.7. The van der Waals surface area contributed by atoms with Crippen molar-refractivity contribution >= 4 is 68.1 Å². The number of alkyl halides is 1. The first-order valence-electron chi connectivity index (χ1n) is 26.6. The van der Waals surface area contributed by atoms with Gasteiger partial charge in [0.25, 0.3) is 0 Å². The molecular formula is C56H60F3N11O8S2. The number of pyridine rings is 1. The third kappa shape index (κ3) is 10.7. The van der Waals surface area contributed by atoms with Crippen LogP contribution in [-0.2, 0) is 20.5 Å². The lowest BCUT2D eigenvalue weighted by atomic mass is 9.91. The number of aryl methyl sites for hydroxylation is 1. The van der Waals surface area contributed by atoms with Crippen molar-refractivity contribution in [2.24, 2.45) is 5.92 Å². The molecule has 8 heterocycles. The summed E-state index contributed by atoms with van der Waals surface area (Å²) in [5, 5.41) is 29.8. The number of H-pyrrole nitrogens is 1. The Labute approximate surface area is 464 Å². The predicted molar refractivity (Wildman–Crippen MR) is 295 cm³/mol. The standard InChI is InChI=1S/C56H60F3N11O8S2/c1-31(2)49(56(75)69-28-40(72)21-46(69)55(74)63-44(29-71)34-4-6-35(7-5-34)53-32(3)62-30-79-53)47-22-48(64-78-47)67-26-39(27-67)66-18-16-65(17-19-66)38-10-8-33(9-11-38)36-20-41-42(24-61-54(41)60-23-36)52(73)50-43(58)12-13-45(51(50)59)70(80(76)77)68-15-14-37(57)25-68/h4-13,20,22-24,30-31,37,39-40,44,46,49,71-72,80H,14-19,21,25-29H2,1-3H3,(H,60,61)(H,63,74)/t37-,40-,44+,46+,49-/m1/s1. The zero-order chi connectivity index (χ0) is 56.1. The second-order valence-electron chi connectivity index (χ2n) is 21.2. The van der Waals surface area contributed by atoms with E-state index in [2.05, 4.69) is 40.1 Å². The molecule has 420 valence electrons. The number of aromatic nitrogens is 4. The molecule has 0 bridgehead atoms. The summed E-state index contributed by atoms with van der Waals surface area (Å²) in [5.74, 6) is -4.39. The van der Waals surface area contributed by atoms with Crippen molar-refractivity contribution in [1.29, 1.82) is 0 Å². The quantitative estimate of drug-likeness (QED) is 0.0520. The number of likely N-dealkylation sites (tertiary alicyclic amines) is 1. The van der Waals surface area contributed by atoms with Gasteiger partial charge in [-0.3, -0.25) is 19.3 Å². The Morgan fingerprint density at radius 3 is 2.31 bits per heavy atom. The third-order valence-corrected chi connectivity index (χ3v) is 17.6. The predicted octanol–water partition coefficient (Wildman–Crippen LogP) is 6.01. The zero-order valence-electron chi connectivity index (χ0n) is 44.0. The van der Waals surface area contributed by atoms with Crippen molar-refractivity contribution in [3.63, 3.8) is 0 Å². The number of halogens is 3. The summed E-state index contributed by atoms with van der Waals surface area (Å²) < 4.78 is 76.4. The number of anilines is 3. The highest BCUT2D eigenvalue weighted by atomic mass is 32.2. The lowest BCUT2D eigenvalue weighted by Crippen LogP contribution is -2.63. The molecule has 3 aromatic carbocycles. The number of amides is 2. The van der Waals surface area contributed by atoms with Gasteiger partial charge in [0, 0.05) is 105 Å². The van der Waals surface area contributed by atoms with E-state index in [0.29, 0.717) is 51.2 Å². The lowest BCUT2D eigenvalue weighted by Gasteiger charge is -2.48. The van der Waals surface area contributed by atoms with E-state index in [-0.39, 0.29) is 62.5 Å². The molecule has 4 aliphatic rings. The molecule has 80 heavy (non-hydrogen) atoms. The van der Waals surface area contributed by atoms with Crippen LogP contribution in [0.5, 0.6) is 0 Å². The number of nitrogens with zero attached hydrogens (tertiary/aromatic N) is 9. The molecule has 4 aliphatic heterocycles. The van der Waals surface area contributed by atoms with Crippen molar-refractivity contribution in [2.75, 3.05) is 79.7 Å². The van der Waals surface area contributed by atoms with Crippen LogP contribution < -0.4 is 19.5 Å². The van der Waals surface area contributed by atoms with Gasteiger partial charge in [0.1, 0.15) is 35.3 Å². The molecule has 0 radical (unpaired) electrons. The minimum Gasteiger partial charge on any atom is -0.394 e. The van der Waals surface area contributed by atoms with Gasteiger partial charge in [-0.2, -0.15) is 4.41 Å². The fraction of sp³-hybridized carbons (Fsp3) is 0.393. The molecule has 7 aromatic rings. The van der Waals surface area contributed by atoms with E-state index in [4.69, 9.17) is 4.52 Å². The molecule has 4 aromatic heterocycles. The van der Waals surface area contributed by atoms with Crippen molar-refractivity contribution in [2.45, 2.75) is 69.9 Å². The van der Waals surface area contributed by atoms with Crippen molar-refractivity contribution < 1.29 is 50.7 Å². The number of carbonyl (C=O) groups is 3. The summed E-state index contributed by atoms with van der Waals surface area (Å²) in [6.45, 7) is 9.69. The summed E-state index contributed by atoms with van der Waals surface area (Å²) in [6.07, 6.45) is 0.793. The topological polar surface area (TPSA) is 225 Å². The molecule has 5 atom stereocenters. The molecule has 11 rings (SSSR count). The Hall–Kier alpha value is -7.22.